The van der Waals surface area contributed by atoms with Gasteiger partial charge in [-0.05, 0) is 26.2 Å². The standard InChI is InChI=1S/C10H19NO2S/c1-9(14-8-7-12)10(13)11-5-3-2-4-6-11/h9,12H,2-8H2,1H3. The Kier molecular flexibility index (Phi) is 5.33. The highest BCUT2D eigenvalue weighted by Gasteiger charge is 2.21. The van der Waals surface area contributed by atoms with Crippen LogP contribution in [0.5, 0.6) is 0 Å². The Labute approximate surface area is 89.9 Å². The van der Waals surface area contributed by atoms with E-state index in [1.165, 1.54) is 18.2 Å². The van der Waals surface area contributed by atoms with E-state index in [0.29, 0.717) is 5.75 Å². The van der Waals surface area contributed by atoms with E-state index in [2.05, 4.69) is 0 Å². The topological polar surface area (TPSA) is 40.5 Å². The number of carbonyl (C=O) groups is 1. The van der Waals surface area contributed by atoms with Crippen LogP contribution in [0.3, 0.4) is 0 Å². The summed E-state index contributed by atoms with van der Waals surface area (Å²) in [4.78, 5) is 13.8. The number of hydrogen-bond donors (Lipinski definition) is 1. The summed E-state index contributed by atoms with van der Waals surface area (Å²) >= 11 is 1.54. The summed E-state index contributed by atoms with van der Waals surface area (Å²) < 4.78 is 0. The lowest BCUT2D eigenvalue weighted by atomic mass is 10.1. The lowest BCUT2D eigenvalue weighted by Gasteiger charge is -2.28. The Balaban J connectivity index is 2.30. The maximum absolute atomic E-state index is 11.8. The quantitative estimate of drug-likeness (QED) is 0.767. The fraction of sp³-hybridized carbons (Fsp3) is 0.900. The van der Waals surface area contributed by atoms with Crippen molar-refractivity contribution >= 4 is 17.7 Å². The molecule has 0 radical (unpaired) electrons. The maximum Gasteiger partial charge on any atom is 0.235 e. The van der Waals surface area contributed by atoms with Gasteiger partial charge in [-0.2, -0.15) is 0 Å². The molecule has 4 heteroatoms. The predicted octanol–water partition coefficient (Wildman–Crippen LogP) is 1.11. The van der Waals surface area contributed by atoms with Gasteiger partial charge in [0.15, 0.2) is 0 Å². The van der Waals surface area contributed by atoms with Crippen LogP contribution in [0, 0.1) is 0 Å². The van der Waals surface area contributed by atoms with Crippen LogP contribution in [0.15, 0.2) is 0 Å². The molecule has 1 aliphatic rings. The molecule has 0 aromatic carbocycles. The Morgan fingerprint density at radius 3 is 2.64 bits per heavy atom. The van der Waals surface area contributed by atoms with E-state index in [9.17, 15) is 4.79 Å². The van der Waals surface area contributed by atoms with Crippen molar-refractivity contribution in [3.8, 4) is 0 Å². The molecule has 0 bridgehead atoms. The number of aliphatic hydroxyl groups excluding tert-OH is 1. The van der Waals surface area contributed by atoms with Gasteiger partial charge in [0.2, 0.25) is 5.91 Å². The van der Waals surface area contributed by atoms with Gasteiger partial charge in [0, 0.05) is 18.8 Å². The second-order valence-electron chi connectivity index (χ2n) is 3.62. The summed E-state index contributed by atoms with van der Waals surface area (Å²) in [5.41, 5.74) is 0. The van der Waals surface area contributed by atoms with E-state index in [0.717, 1.165) is 25.9 Å². The zero-order valence-corrected chi connectivity index (χ0v) is 9.55. The fourth-order valence-corrected chi connectivity index (χ4v) is 2.42. The molecule has 1 amide bonds. The SMILES string of the molecule is CC(SCCO)C(=O)N1CCCCC1. The van der Waals surface area contributed by atoms with Crippen molar-refractivity contribution in [1.29, 1.82) is 0 Å². The van der Waals surface area contributed by atoms with Crippen LogP contribution in [-0.4, -0.2) is 46.6 Å². The first-order valence-electron chi connectivity index (χ1n) is 5.27. The molecule has 14 heavy (non-hydrogen) atoms. The van der Waals surface area contributed by atoms with Gasteiger partial charge in [0.1, 0.15) is 0 Å². The Bertz CT molecular complexity index is 181. The highest BCUT2D eigenvalue weighted by Crippen LogP contribution is 2.16. The minimum atomic E-state index is 0.000231. The minimum Gasteiger partial charge on any atom is -0.396 e. The minimum absolute atomic E-state index is 0.000231. The van der Waals surface area contributed by atoms with Gasteiger partial charge in [0.05, 0.1) is 11.9 Å². The number of rotatable bonds is 4. The van der Waals surface area contributed by atoms with E-state index >= 15 is 0 Å². The van der Waals surface area contributed by atoms with E-state index in [-0.39, 0.29) is 17.8 Å². The molecular formula is C10H19NO2S. The smallest absolute Gasteiger partial charge is 0.235 e. The third kappa shape index (κ3) is 3.50. The molecule has 82 valence electrons. The van der Waals surface area contributed by atoms with Crippen molar-refractivity contribution in [2.75, 3.05) is 25.4 Å². The predicted molar refractivity (Wildman–Crippen MR) is 59.4 cm³/mol. The van der Waals surface area contributed by atoms with Crippen LogP contribution >= 0.6 is 11.8 Å². The molecule has 1 atom stereocenters. The molecule has 3 nitrogen and oxygen atoms in total. The summed E-state index contributed by atoms with van der Waals surface area (Å²) in [6, 6.07) is 0. The molecule has 0 aromatic heterocycles. The third-order valence-corrected chi connectivity index (χ3v) is 3.59. The van der Waals surface area contributed by atoms with Gasteiger partial charge in [-0.25, -0.2) is 0 Å². The zero-order chi connectivity index (χ0) is 10.4. The van der Waals surface area contributed by atoms with Crippen molar-refractivity contribution in [3.63, 3.8) is 0 Å². The summed E-state index contributed by atoms with van der Waals surface area (Å²) in [7, 11) is 0. The monoisotopic (exact) mass is 217 g/mol. The van der Waals surface area contributed by atoms with Crippen LogP contribution in [0.4, 0.5) is 0 Å². The summed E-state index contributed by atoms with van der Waals surface area (Å²) in [5, 5.41) is 8.66. The molecule has 0 aromatic rings. The fourth-order valence-electron chi connectivity index (χ4n) is 1.67. The second kappa shape index (κ2) is 6.30. The van der Waals surface area contributed by atoms with Crippen LogP contribution in [0.25, 0.3) is 0 Å². The van der Waals surface area contributed by atoms with Crippen LogP contribution in [-0.2, 0) is 4.79 Å². The largest absolute Gasteiger partial charge is 0.396 e. The summed E-state index contributed by atoms with van der Waals surface area (Å²) in [6.07, 6.45) is 3.54. The molecule has 1 saturated heterocycles. The zero-order valence-electron chi connectivity index (χ0n) is 8.74. The van der Waals surface area contributed by atoms with Gasteiger partial charge in [-0.1, -0.05) is 0 Å². The van der Waals surface area contributed by atoms with E-state index in [1.807, 2.05) is 11.8 Å². The number of hydrogen-bond acceptors (Lipinski definition) is 3. The average Bonchev–Trinajstić information content (AvgIpc) is 2.26. The lowest BCUT2D eigenvalue weighted by Crippen LogP contribution is -2.40. The van der Waals surface area contributed by atoms with E-state index in [4.69, 9.17) is 5.11 Å². The first-order valence-corrected chi connectivity index (χ1v) is 6.32. The molecular weight excluding hydrogens is 198 g/mol. The van der Waals surface area contributed by atoms with Gasteiger partial charge in [0.25, 0.3) is 0 Å². The highest BCUT2D eigenvalue weighted by atomic mass is 32.2. The lowest BCUT2D eigenvalue weighted by molar-refractivity contribution is -0.131. The number of nitrogens with zero attached hydrogens (tertiary/aromatic N) is 1. The van der Waals surface area contributed by atoms with E-state index in [1.54, 1.807) is 0 Å². The molecule has 1 N–H and O–H groups in total. The third-order valence-electron chi connectivity index (χ3n) is 2.47. The van der Waals surface area contributed by atoms with Gasteiger partial charge in [-0.3, -0.25) is 4.79 Å². The van der Waals surface area contributed by atoms with Gasteiger partial charge < -0.3 is 10.0 Å². The Hall–Kier alpha value is -0.220. The van der Waals surface area contributed by atoms with Crippen molar-refractivity contribution in [1.82, 2.24) is 4.90 Å². The molecule has 1 unspecified atom stereocenters. The molecule has 1 fully saturated rings. The second-order valence-corrected chi connectivity index (χ2v) is 5.07. The van der Waals surface area contributed by atoms with Crippen molar-refractivity contribution in [2.24, 2.45) is 0 Å². The average molecular weight is 217 g/mol. The molecule has 1 heterocycles. The number of likely N-dealkylation sites (tertiary alicyclic amines) is 1. The van der Waals surface area contributed by atoms with Crippen LogP contribution in [0.1, 0.15) is 26.2 Å². The van der Waals surface area contributed by atoms with Crippen molar-refractivity contribution < 1.29 is 9.90 Å². The van der Waals surface area contributed by atoms with Crippen molar-refractivity contribution in [3.05, 3.63) is 0 Å². The van der Waals surface area contributed by atoms with Crippen molar-refractivity contribution in [2.45, 2.75) is 31.4 Å². The number of carbonyl (C=O) groups excluding carboxylic acids is 1. The Morgan fingerprint density at radius 1 is 1.43 bits per heavy atom. The molecule has 0 aliphatic carbocycles. The summed E-state index contributed by atoms with van der Waals surface area (Å²) in [5.74, 6) is 0.893. The van der Waals surface area contributed by atoms with Gasteiger partial charge >= 0.3 is 0 Å². The van der Waals surface area contributed by atoms with Gasteiger partial charge in [-0.15, -0.1) is 11.8 Å². The maximum atomic E-state index is 11.8. The first kappa shape index (κ1) is 11.9. The highest BCUT2D eigenvalue weighted by molar-refractivity contribution is 8.00. The Morgan fingerprint density at radius 2 is 2.07 bits per heavy atom. The number of aliphatic hydroxyl groups is 1. The number of piperidine rings is 1. The number of thioether (sulfide) groups is 1. The molecule has 0 spiro atoms. The molecule has 1 rings (SSSR count). The van der Waals surface area contributed by atoms with Crippen LogP contribution in [0.2, 0.25) is 0 Å². The normalized spacial score (nSPS) is 19.4. The van der Waals surface area contributed by atoms with E-state index < -0.39 is 0 Å². The molecule has 0 saturated carbocycles. The molecule has 1 aliphatic heterocycles. The van der Waals surface area contributed by atoms with Crippen LogP contribution < -0.4 is 0 Å². The summed E-state index contributed by atoms with van der Waals surface area (Å²) in [6.45, 7) is 3.92. The first-order chi connectivity index (χ1) is 6.75. The number of amides is 1.